The smallest absolute Gasteiger partial charge is 0.335 e. The van der Waals surface area contributed by atoms with E-state index in [-0.39, 0.29) is 0 Å². The van der Waals surface area contributed by atoms with Crippen LogP contribution in [-0.2, 0) is 8.85 Å². The van der Waals surface area contributed by atoms with Crippen molar-refractivity contribution >= 4 is 25.2 Å². The van der Waals surface area contributed by atoms with Crippen molar-refractivity contribution in [3.63, 3.8) is 0 Å². The molecule has 1 unspecified atom stereocenters. The zero-order valence-electron chi connectivity index (χ0n) is 6.76. The van der Waals surface area contributed by atoms with Gasteiger partial charge in [0.1, 0.15) is 0 Å². The molecular formula is C6H15BrO2Si. The largest absolute Gasteiger partial charge is 0.396 e. The summed E-state index contributed by atoms with van der Waals surface area (Å²) in [5.41, 5.74) is 0. The molecule has 0 spiro atoms. The minimum Gasteiger partial charge on any atom is -0.396 e. The first kappa shape index (κ1) is 10.6. The number of halogens is 1. The summed E-state index contributed by atoms with van der Waals surface area (Å²) in [5.74, 6) is 0. The molecule has 4 heteroatoms. The Morgan fingerprint density at radius 3 is 1.90 bits per heavy atom. The second-order valence-corrected chi connectivity index (χ2v) is 6.78. The zero-order valence-corrected chi connectivity index (χ0v) is 9.50. The van der Waals surface area contributed by atoms with E-state index < -0.39 is 9.28 Å². The molecule has 0 aliphatic rings. The molecule has 0 bridgehead atoms. The molecule has 10 heavy (non-hydrogen) atoms. The second kappa shape index (κ2) is 6.33. The summed E-state index contributed by atoms with van der Waals surface area (Å²) >= 11 is 3.45. The highest BCUT2D eigenvalue weighted by Gasteiger charge is 2.17. The topological polar surface area (TPSA) is 18.5 Å². The van der Waals surface area contributed by atoms with E-state index in [1.54, 1.807) is 0 Å². The van der Waals surface area contributed by atoms with Crippen LogP contribution < -0.4 is 0 Å². The number of alkyl halides is 1. The van der Waals surface area contributed by atoms with Gasteiger partial charge in [-0.3, -0.25) is 0 Å². The minimum atomic E-state index is -1.39. The van der Waals surface area contributed by atoms with E-state index in [9.17, 15) is 0 Å². The molecule has 0 aliphatic carbocycles. The zero-order chi connectivity index (χ0) is 7.98. The van der Waals surface area contributed by atoms with Gasteiger partial charge >= 0.3 is 9.28 Å². The predicted octanol–water partition coefficient (Wildman–Crippen LogP) is 1.60. The van der Waals surface area contributed by atoms with Crippen LogP contribution in [0.15, 0.2) is 0 Å². The lowest BCUT2D eigenvalue weighted by atomic mass is 10.9. The van der Waals surface area contributed by atoms with Crippen molar-refractivity contribution in [1.82, 2.24) is 0 Å². The lowest BCUT2D eigenvalue weighted by Crippen LogP contribution is -2.31. The van der Waals surface area contributed by atoms with Crippen molar-refractivity contribution in [2.45, 2.75) is 25.2 Å². The van der Waals surface area contributed by atoms with E-state index in [1.165, 1.54) is 0 Å². The van der Waals surface area contributed by atoms with E-state index in [4.69, 9.17) is 8.85 Å². The summed E-state index contributed by atoms with van der Waals surface area (Å²) in [6, 6.07) is 0. The first-order valence-electron chi connectivity index (χ1n) is 3.59. The van der Waals surface area contributed by atoms with Crippen molar-refractivity contribution in [2.24, 2.45) is 0 Å². The van der Waals surface area contributed by atoms with Gasteiger partial charge in [-0.05, 0) is 13.8 Å². The van der Waals surface area contributed by atoms with E-state index in [0.717, 1.165) is 13.2 Å². The van der Waals surface area contributed by atoms with Crippen molar-refractivity contribution in [2.75, 3.05) is 13.2 Å². The van der Waals surface area contributed by atoms with Crippen LogP contribution in [0.25, 0.3) is 0 Å². The molecule has 0 heterocycles. The first-order valence-corrected chi connectivity index (χ1v) is 6.12. The predicted molar refractivity (Wildman–Crippen MR) is 48.8 cm³/mol. The van der Waals surface area contributed by atoms with Crippen molar-refractivity contribution in [3.8, 4) is 0 Å². The lowest BCUT2D eigenvalue weighted by molar-refractivity contribution is 0.213. The highest BCUT2D eigenvalue weighted by atomic mass is 79.9. The standard InChI is InChI=1S/C6H15BrO2Si/c1-4-8-10(6(3)7)9-5-2/h6,10H,4-5H2,1-3H3. The highest BCUT2D eigenvalue weighted by molar-refractivity contribution is 9.10. The van der Waals surface area contributed by atoms with E-state index in [1.807, 2.05) is 13.8 Å². The van der Waals surface area contributed by atoms with Gasteiger partial charge in [-0.2, -0.15) is 0 Å². The Morgan fingerprint density at radius 1 is 1.30 bits per heavy atom. The molecule has 0 aromatic carbocycles. The molecule has 0 saturated heterocycles. The maximum absolute atomic E-state index is 5.41. The van der Waals surface area contributed by atoms with Gasteiger partial charge in [0.2, 0.25) is 0 Å². The van der Waals surface area contributed by atoms with Gasteiger partial charge < -0.3 is 8.85 Å². The molecule has 0 aliphatic heterocycles. The number of hydrogen-bond acceptors (Lipinski definition) is 2. The SMILES string of the molecule is CCO[SiH](OCC)C(C)Br. The molecule has 0 rings (SSSR count). The summed E-state index contributed by atoms with van der Waals surface area (Å²) in [6.07, 6.45) is 0. The number of rotatable bonds is 5. The van der Waals surface area contributed by atoms with Crippen LogP contribution >= 0.6 is 15.9 Å². The van der Waals surface area contributed by atoms with E-state index >= 15 is 0 Å². The van der Waals surface area contributed by atoms with Crippen LogP contribution in [0.4, 0.5) is 0 Å². The molecule has 0 amide bonds. The van der Waals surface area contributed by atoms with Crippen LogP contribution in [-0.4, -0.2) is 26.9 Å². The Labute approximate surface area is 72.9 Å². The second-order valence-electron chi connectivity index (χ2n) is 1.96. The average molecular weight is 227 g/mol. The third-order valence-corrected chi connectivity index (χ3v) is 4.41. The molecule has 2 nitrogen and oxygen atoms in total. The molecule has 62 valence electrons. The average Bonchev–Trinajstić information content (AvgIpc) is 1.87. The van der Waals surface area contributed by atoms with Gasteiger partial charge in [0.05, 0.1) is 4.45 Å². The maximum Gasteiger partial charge on any atom is 0.335 e. The van der Waals surface area contributed by atoms with Crippen LogP contribution in [0.2, 0.25) is 0 Å². The van der Waals surface area contributed by atoms with Crippen molar-refractivity contribution in [1.29, 1.82) is 0 Å². The fourth-order valence-corrected chi connectivity index (χ4v) is 2.84. The molecular weight excluding hydrogens is 212 g/mol. The Morgan fingerprint density at radius 2 is 1.70 bits per heavy atom. The normalized spacial score (nSPS) is 14.1. The van der Waals surface area contributed by atoms with Crippen molar-refractivity contribution < 1.29 is 8.85 Å². The monoisotopic (exact) mass is 226 g/mol. The molecule has 0 radical (unpaired) electrons. The molecule has 0 fully saturated rings. The fraction of sp³-hybridized carbons (Fsp3) is 1.00. The minimum absolute atomic E-state index is 0.396. The quantitative estimate of drug-likeness (QED) is 0.524. The Bertz CT molecular complexity index is 74.1. The molecule has 0 N–H and O–H groups in total. The van der Waals surface area contributed by atoms with Crippen LogP contribution in [0.3, 0.4) is 0 Å². The molecule has 0 aromatic heterocycles. The van der Waals surface area contributed by atoms with Gasteiger partial charge in [0.25, 0.3) is 0 Å². The Balaban J connectivity index is 3.50. The summed E-state index contributed by atoms with van der Waals surface area (Å²) in [6.45, 7) is 7.57. The van der Waals surface area contributed by atoms with Crippen LogP contribution in [0.1, 0.15) is 20.8 Å². The molecule has 0 aromatic rings. The summed E-state index contributed by atoms with van der Waals surface area (Å²) in [4.78, 5) is 0. The third kappa shape index (κ3) is 4.44. The first-order chi connectivity index (χ1) is 4.72. The lowest BCUT2D eigenvalue weighted by Gasteiger charge is -2.16. The summed E-state index contributed by atoms with van der Waals surface area (Å²) in [5, 5.41) is 0. The van der Waals surface area contributed by atoms with Gasteiger partial charge in [-0.1, -0.05) is 22.9 Å². The molecule has 0 saturated carbocycles. The Kier molecular flexibility index (Phi) is 6.73. The summed E-state index contributed by atoms with van der Waals surface area (Å²) in [7, 11) is -1.39. The Hall–Kier alpha value is 0.617. The van der Waals surface area contributed by atoms with Gasteiger partial charge in [-0.15, -0.1) is 0 Å². The molecule has 1 atom stereocenters. The van der Waals surface area contributed by atoms with Gasteiger partial charge in [0.15, 0.2) is 0 Å². The maximum atomic E-state index is 5.41. The fourth-order valence-electron chi connectivity index (χ4n) is 0.642. The van der Waals surface area contributed by atoms with Crippen LogP contribution in [0.5, 0.6) is 0 Å². The van der Waals surface area contributed by atoms with Gasteiger partial charge in [-0.25, -0.2) is 0 Å². The van der Waals surface area contributed by atoms with Gasteiger partial charge in [0, 0.05) is 13.2 Å². The van der Waals surface area contributed by atoms with Crippen molar-refractivity contribution in [3.05, 3.63) is 0 Å². The van der Waals surface area contributed by atoms with E-state index in [2.05, 4.69) is 22.9 Å². The number of hydrogen-bond donors (Lipinski definition) is 0. The van der Waals surface area contributed by atoms with Crippen LogP contribution in [0, 0.1) is 0 Å². The third-order valence-electron chi connectivity index (χ3n) is 1.04. The highest BCUT2D eigenvalue weighted by Crippen LogP contribution is 2.05. The van der Waals surface area contributed by atoms with E-state index in [0.29, 0.717) is 4.45 Å². The summed E-state index contributed by atoms with van der Waals surface area (Å²) < 4.78 is 11.2.